The predicted molar refractivity (Wildman–Crippen MR) is 232 cm³/mol. The van der Waals surface area contributed by atoms with Gasteiger partial charge in [0.05, 0.1) is 22.1 Å². The van der Waals surface area contributed by atoms with Gasteiger partial charge < -0.3 is 14.5 Å². The number of hydrogen-bond donors (Lipinski definition) is 1. The molecule has 5 heteroatoms. The van der Waals surface area contributed by atoms with E-state index in [1.807, 2.05) is 18.2 Å². The minimum absolute atomic E-state index is 0.355. The first-order valence-corrected chi connectivity index (χ1v) is 19.0. The van der Waals surface area contributed by atoms with Crippen molar-refractivity contribution in [2.24, 2.45) is 9.98 Å². The average Bonchev–Trinajstić information content (AvgIpc) is 3.80. The highest BCUT2D eigenvalue weighted by atomic mass is 15.2. The Bertz CT molecular complexity index is 3120. The van der Waals surface area contributed by atoms with Gasteiger partial charge in [-0.2, -0.15) is 0 Å². The molecule has 8 aromatic carbocycles. The second kappa shape index (κ2) is 13.1. The molecule has 0 spiro atoms. The summed E-state index contributed by atoms with van der Waals surface area (Å²) in [4.78, 5) is 10.4. The zero-order chi connectivity index (χ0) is 37.0. The van der Waals surface area contributed by atoms with E-state index < -0.39 is 0 Å². The van der Waals surface area contributed by atoms with Gasteiger partial charge in [-0.15, -0.1) is 0 Å². The first-order chi connectivity index (χ1) is 27.8. The Labute approximate surface area is 324 Å². The normalized spacial score (nSPS) is 14.2. The van der Waals surface area contributed by atoms with Crippen LogP contribution in [0.3, 0.4) is 0 Å². The van der Waals surface area contributed by atoms with Crippen LogP contribution >= 0.6 is 0 Å². The Morgan fingerprint density at radius 2 is 0.875 bits per heavy atom. The van der Waals surface area contributed by atoms with Gasteiger partial charge in [0.2, 0.25) is 0 Å². The standard InChI is InChI=1S/C51H35N5/c1-3-15-34(16-4-1)49-52-50(54-51(53-49)38-29-30-44-43-25-9-10-26-45(43)55(48(44)33-38)39-20-5-2-6-21-39)37-19-13-17-35(31-37)36-18-14-22-40(32-36)56-46-27-11-7-23-41(46)42-24-8-12-28-47(42)56/h1-33,51H,(H,52,53,54). The van der Waals surface area contributed by atoms with Crippen molar-refractivity contribution in [3.05, 3.63) is 217 Å². The van der Waals surface area contributed by atoms with Crippen molar-refractivity contribution in [3.8, 4) is 22.5 Å². The summed E-state index contributed by atoms with van der Waals surface area (Å²) in [6.07, 6.45) is -0.355. The molecule has 0 radical (unpaired) electrons. The highest BCUT2D eigenvalue weighted by Crippen LogP contribution is 2.36. The van der Waals surface area contributed by atoms with Gasteiger partial charge in [0.15, 0.2) is 5.84 Å². The van der Waals surface area contributed by atoms with Crippen molar-refractivity contribution < 1.29 is 0 Å². The van der Waals surface area contributed by atoms with Crippen molar-refractivity contribution in [2.45, 2.75) is 6.17 Å². The Morgan fingerprint density at radius 3 is 1.55 bits per heavy atom. The topological polar surface area (TPSA) is 46.6 Å². The van der Waals surface area contributed by atoms with E-state index in [1.165, 1.54) is 38.1 Å². The third-order valence-electron chi connectivity index (χ3n) is 11.0. The number of benzene rings is 8. The summed E-state index contributed by atoms with van der Waals surface area (Å²) >= 11 is 0. The van der Waals surface area contributed by atoms with Gasteiger partial charge in [-0.25, -0.2) is 9.98 Å². The van der Waals surface area contributed by atoms with Crippen LogP contribution in [0.1, 0.15) is 22.9 Å². The maximum atomic E-state index is 5.24. The Kier molecular flexibility index (Phi) is 7.49. The molecule has 11 rings (SSSR count). The Balaban J connectivity index is 1.01. The highest BCUT2D eigenvalue weighted by molar-refractivity contribution is 6.14. The highest BCUT2D eigenvalue weighted by Gasteiger charge is 2.23. The molecule has 2 aromatic heterocycles. The summed E-state index contributed by atoms with van der Waals surface area (Å²) in [6, 6.07) is 71.0. The molecule has 0 aliphatic carbocycles. The lowest BCUT2D eigenvalue weighted by Crippen LogP contribution is -2.33. The lowest BCUT2D eigenvalue weighted by Gasteiger charge is -2.24. The van der Waals surface area contributed by atoms with E-state index in [2.05, 4.69) is 196 Å². The van der Waals surface area contributed by atoms with E-state index in [0.717, 1.165) is 50.5 Å². The molecule has 0 bridgehead atoms. The largest absolute Gasteiger partial charge is 0.344 e. The van der Waals surface area contributed by atoms with Gasteiger partial charge in [0.1, 0.15) is 12.0 Å². The van der Waals surface area contributed by atoms with Crippen LogP contribution in [-0.2, 0) is 0 Å². The smallest absolute Gasteiger partial charge is 0.159 e. The molecule has 1 aliphatic heterocycles. The number of aromatic nitrogens is 2. The van der Waals surface area contributed by atoms with Gasteiger partial charge >= 0.3 is 0 Å². The van der Waals surface area contributed by atoms with E-state index >= 15 is 0 Å². The van der Waals surface area contributed by atoms with Gasteiger partial charge in [-0.3, -0.25) is 0 Å². The minimum atomic E-state index is -0.355. The number of amidine groups is 2. The summed E-state index contributed by atoms with van der Waals surface area (Å²) in [6.45, 7) is 0. The molecule has 5 nitrogen and oxygen atoms in total. The molecule has 0 saturated carbocycles. The van der Waals surface area contributed by atoms with Crippen LogP contribution < -0.4 is 5.32 Å². The fraction of sp³-hybridized carbons (Fsp3) is 0.0196. The van der Waals surface area contributed by atoms with Crippen LogP contribution in [-0.4, -0.2) is 20.8 Å². The zero-order valence-corrected chi connectivity index (χ0v) is 30.4. The van der Waals surface area contributed by atoms with Crippen molar-refractivity contribution in [1.29, 1.82) is 0 Å². The summed E-state index contributed by atoms with van der Waals surface area (Å²) in [5.41, 5.74) is 12.3. The summed E-state index contributed by atoms with van der Waals surface area (Å²) in [5, 5.41) is 8.69. The zero-order valence-electron chi connectivity index (χ0n) is 30.4. The van der Waals surface area contributed by atoms with Crippen molar-refractivity contribution in [3.63, 3.8) is 0 Å². The Hall–Kier alpha value is -7.50. The quantitative estimate of drug-likeness (QED) is 0.183. The summed E-state index contributed by atoms with van der Waals surface area (Å²) in [5.74, 6) is 1.49. The number of aliphatic imine (C=N–C) groups is 2. The van der Waals surface area contributed by atoms with Gasteiger partial charge in [-0.05, 0) is 71.3 Å². The molecule has 1 atom stereocenters. The molecular formula is C51H35N5. The van der Waals surface area contributed by atoms with E-state index in [4.69, 9.17) is 9.98 Å². The predicted octanol–water partition coefficient (Wildman–Crippen LogP) is 12.0. The number of fused-ring (bicyclic) bond motifs is 6. The molecule has 0 amide bonds. The number of rotatable bonds is 6. The number of para-hydroxylation sites is 4. The van der Waals surface area contributed by atoms with E-state index in [0.29, 0.717) is 5.84 Å². The third-order valence-corrected chi connectivity index (χ3v) is 11.0. The number of nitrogens with zero attached hydrogens (tertiary/aromatic N) is 4. The van der Waals surface area contributed by atoms with Crippen LogP contribution in [0.5, 0.6) is 0 Å². The number of nitrogens with one attached hydrogen (secondary N) is 1. The SMILES string of the molecule is c1ccc(C2=NC(c3ccc4c5ccccc5n(-c5ccccc5)c4c3)NC(c3cccc(-c4cccc(-n5c6ccccc6c6ccccc65)c4)c3)=N2)cc1. The lowest BCUT2D eigenvalue weighted by molar-refractivity contribution is 0.675. The second-order valence-electron chi connectivity index (χ2n) is 14.3. The Morgan fingerprint density at radius 1 is 0.375 bits per heavy atom. The molecular weight excluding hydrogens is 683 g/mol. The fourth-order valence-corrected chi connectivity index (χ4v) is 8.37. The molecule has 0 saturated heterocycles. The number of hydrogen-bond acceptors (Lipinski definition) is 3. The summed E-state index contributed by atoms with van der Waals surface area (Å²) < 4.78 is 4.72. The van der Waals surface area contributed by atoms with Crippen LogP contribution in [0, 0.1) is 0 Å². The molecule has 0 fully saturated rings. The maximum Gasteiger partial charge on any atom is 0.159 e. The van der Waals surface area contributed by atoms with Crippen LogP contribution in [0.25, 0.3) is 66.1 Å². The lowest BCUT2D eigenvalue weighted by atomic mass is 10.0. The molecule has 1 N–H and O–H groups in total. The molecule has 1 unspecified atom stereocenters. The first-order valence-electron chi connectivity index (χ1n) is 19.0. The first kappa shape index (κ1) is 32.0. The molecule has 10 aromatic rings. The van der Waals surface area contributed by atoms with Gasteiger partial charge in [0, 0.05) is 44.0 Å². The molecule has 1 aliphatic rings. The van der Waals surface area contributed by atoms with E-state index in [-0.39, 0.29) is 6.17 Å². The van der Waals surface area contributed by atoms with Crippen LogP contribution in [0.4, 0.5) is 0 Å². The van der Waals surface area contributed by atoms with Gasteiger partial charge in [-0.1, -0.05) is 146 Å². The molecule has 56 heavy (non-hydrogen) atoms. The van der Waals surface area contributed by atoms with Gasteiger partial charge in [0.25, 0.3) is 0 Å². The minimum Gasteiger partial charge on any atom is -0.344 e. The average molecular weight is 718 g/mol. The molecule has 3 heterocycles. The monoisotopic (exact) mass is 717 g/mol. The second-order valence-corrected chi connectivity index (χ2v) is 14.3. The molecule has 264 valence electrons. The fourth-order valence-electron chi connectivity index (χ4n) is 8.37. The van der Waals surface area contributed by atoms with E-state index in [1.54, 1.807) is 0 Å². The van der Waals surface area contributed by atoms with Crippen molar-refractivity contribution in [2.75, 3.05) is 0 Å². The van der Waals surface area contributed by atoms with Crippen molar-refractivity contribution >= 4 is 55.3 Å². The summed E-state index contributed by atoms with van der Waals surface area (Å²) in [7, 11) is 0. The van der Waals surface area contributed by atoms with Crippen LogP contribution in [0.15, 0.2) is 210 Å². The van der Waals surface area contributed by atoms with Crippen LogP contribution in [0.2, 0.25) is 0 Å². The van der Waals surface area contributed by atoms with E-state index in [9.17, 15) is 0 Å². The third kappa shape index (κ3) is 5.32. The maximum absolute atomic E-state index is 5.24. The van der Waals surface area contributed by atoms with Crippen molar-refractivity contribution in [1.82, 2.24) is 14.5 Å².